The number of rotatable bonds is 10. The average Bonchev–Trinajstić information content (AvgIpc) is 3.23. The standard InChI is InChI=1S/C37H43N2/c1-6-13-30(14-7-2)17-19-32-21-23-36-34(27-32)35-28-33(20-18-31(15-8-3)16-9-4)22-24-37(35)38(36)29-39(5)25-11-10-12-26-39/h6-9,13-24,27-28H,1,3,10-12,25-26,29H2,2,4-5H3/q+1/b14-7-,16-9-,19-17+,20-18+,30-13+,31-15+. The van der Waals surface area contributed by atoms with Gasteiger partial charge in [0.1, 0.15) is 0 Å². The largest absolute Gasteiger partial charge is 0.309 e. The molecule has 1 aromatic heterocycles. The molecule has 1 aliphatic rings. The first-order valence-electron chi connectivity index (χ1n) is 14.2. The topological polar surface area (TPSA) is 4.93 Å². The molecule has 0 bridgehead atoms. The summed E-state index contributed by atoms with van der Waals surface area (Å²) in [6.07, 6.45) is 28.8. The van der Waals surface area contributed by atoms with Crippen molar-refractivity contribution in [3.05, 3.63) is 133 Å². The third kappa shape index (κ3) is 6.96. The van der Waals surface area contributed by atoms with Crippen LogP contribution in [0.2, 0.25) is 0 Å². The van der Waals surface area contributed by atoms with Crippen LogP contribution in [-0.2, 0) is 6.67 Å². The molecule has 2 heterocycles. The number of likely N-dealkylation sites (tertiary alicyclic amines) is 1. The van der Waals surface area contributed by atoms with Crippen molar-refractivity contribution in [3.8, 4) is 0 Å². The Hall–Kier alpha value is -3.88. The molecule has 4 rings (SSSR count). The van der Waals surface area contributed by atoms with Crippen LogP contribution in [0, 0.1) is 0 Å². The SMILES string of the molecule is C=C/C=C(\C=C/C)/C=C/c1ccc2c(c1)c1cc(/C=C/C(/C=C\C)=C/C=C)ccc1n2C[N+]1(C)CCCCC1. The van der Waals surface area contributed by atoms with E-state index in [9.17, 15) is 0 Å². The number of benzene rings is 2. The van der Waals surface area contributed by atoms with E-state index < -0.39 is 0 Å². The first kappa shape index (κ1) is 28.1. The Morgan fingerprint density at radius 1 is 0.744 bits per heavy atom. The zero-order valence-corrected chi connectivity index (χ0v) is 23.9. The van der Waals surface area contributed by atoms with Gasteiger partial charge in [-0.15, -0.1) is 0 Å². The molecule has 0 unspecified atom stereocenters. The molecule has 0 atom stereocenters. The Balaban J connectivity index is 1.83. The number of hydrogen-bond donors (Lipinski definition) is 0. The van der Waals surface area contributed by atoms with Crippen molar-refractivity contribution in [2.24, 2.45) is 0 Å². The van der Waals surface area contributed by atoms with Gasteiger partial charge in [-0.05, 0) is 79.6 Å². The predicted octanol–water partition coefficient (Wildman–Crippen LogP) is 9.79. The van der Waals surface area contributed by atoms with E-state index in [1.54, 1.807) is 0 Å². The second-order valence-corrected chi connectivity index (χ2v) is 10.7. The molecule has 1 fully saturated rings. The highest BCUT2D eigenvalue weighted by Gasteiger charge is 2.26. The number of allylic oxidation sites excluding steroid dienone is 12. The van der Waals surface area contributed by atoms with E-state index in [0.29, 0.717) is 0 Å². The quantitative estimate of drug-likeness (QED) is 0.187. The minimum absolute atomic E-state index is 1.01. The molecule has 0 spiro atoms. The van der Waals surface area contributed by atoms with E-state index in [2.05, 4.69) is 110 Å². The van der Waals surface area contributed by atoms with Crippen molar-refractivity contribution >= 4 is 34.0 Å². The Morgan fingerprint density at radius 2 is 1.23 bits per heavy atom. The fourth-order valence-electron chi connectivity index (χ4n) is 5.63. The number of piperidine rings is 1. The highest BCUT2D eigenvalue weighted by atomic mass is 15.4. The van der Waals surface area contributed by atoms with Crippen LogP contribution in [0.1, 0.15) is 44.2 Å². The van der Waals surface area contributed by atoms with E-state index in [0.717, 1.165) is 22.3 Å². The van der Waals surface area contributed by atoms with E-state index in [1.165, 1.54) is 65.3 Å². The summed E-state index contributed by atoms with van der Waals surface area (Å²) in [5, 5.41) is 2.61. The summed E-state index contributed by atoms with van der Waals surface area (Å²) >= 11 is 0. The van der Waals surface area contributed by atoms with Gasteiger partial charge in [-0.2, -0.15) is 0 Å². The average molecular weight is 516 g/mol. The van der Waals surface area contributed by atoms with Gasteiger partial charge in [0.2, 0.25) is 0 Å². The minimum Gasteiger partial charge on any atom is -0.309 e. The lowest BCUT2D eigenvalue weighted by Gasteiger charge is -2.38. The second-order valence-electron chi connectivity index (χ2n) is 10.7. The van der Waals surface area contributed by atoms with Crippen molar-refractivity contribution in [3.63, 3.8) is 0 Å². The fourth-order valence-corrected chi connectivity index (χ4v) is 5.63. The highest BCUT2D eigenvalue weighted by molar-refractivity contribution is 6.09. The van der Waals surface area contributed by atoms with Crippen LogP contribution in [0.5, 0.6) is 0 Å². The summed E-state index contributed by atoms with van der Waals surface area (Å²) < 4.78 is 3.66. The van der Waals surface area contributed by atoms with E-state index in [1.807, 2.05) is 38.2 Å². The molecule has 0 aliphatic carbocycles. The normalized spacial score (nSPS) is 17.0. The van der Waals surface area contributed by atoms with Crippen LogP contribution < -0.4 is 0 Å². The minimum atomic E-state index is 1.01. The summed E-state index contributed by atoms with van der Waals surface area (Å²) in [6, 6.07) is 13.8. The summed E-state index contributed by atoms with van der Waals surface area (Å²) in [4.78, 5) is 0. The lowest BCUT2D eigenvalue weighted by Crippen LogP contribution is -2.48. The molecule has 0 N–H and O–H groups in total. The molecule has 0 radical (unpaired) electrons. The fraction of sp³-hybridized carbons (Fsp3) is 0.243. The van der Waals surface area contributed by atoms with Crippen molar-refractivity contribution in [2.45, 2.75) is 39.8 Å². The number of quaternary nitrogens is 1. The maximum absolute atomic E-state index is 3.86. The monoisotopic (exact) mass is 515 g/mol. The van der Waals surface area contributed by atoms with Gasteiger partial charge in [-0.25, -0.2) is 0 Å². The number of hydrogen-bond acceptors (Lipinski definition) is 0. The van der Waals surface area contributed by atoms with Crippen molar-refractivity contribution < 1.29 is 4.48 Å². The van der Waals surface area contributed by atoms with Gasteiger partial charge in [0.25, 0.3) is 0 Å². The lowest BCUT2D eigenvalue weighted by molar-refractivity contribution is -0.934. The Morgan fingerprint density at radius 3 is 1.67 bits per heavy atom. The third-order valence-corrected chi connectivity index (χ3v) is 7.57. The first-order valence-corrected chi connectivity index (χ1v) is 14.2. The molecule has 0 amide bonds. The molecule has 3 aromatic rings. The van der Waals surface area contributed by atoms with Crippen LogP contribution in [0.15, 0.2) is 121 Å². The van der Waals surface area contributed by atoms with Crippen molar-refractivity contribution in [2.75, 3.05) is 20.1 Å². The summed E-state index contributed by atoms with van der Waals surface area (Å²) in [5.41, 5.74) is 7.28. The van der Waals surface area contributed by atoms with Gasteiger partial charge >= 0.3 is 0 Å². The van der Waals surface area contributed by atoms with Gasteiger partial charge < -0.3 is 4.48 Å². The molecule has 0 saturated carbocycles. The number of fused-ring (bicyclic) bond motifs is 3. The summed E-state index contributed by atoms with van der Waals surface area (Å²) in [6.45, 7) is 15.3. The van der Waals surface area contributed by atoms with Gasteiger partial charge in [-0.3, -0.25) is 4.57 Å². The van der Waals surface area contributed by atoms with Crippen LogP contribution in [0.4, 0.5) is 0 Å². The smallest absolute Gasteiger partial charge is 0.158 e. The summed E-state index contributed by atoms with van der Waals surface area (Å²) in [7, 11) is 2.43. The molecular formula is C37H43N2+. The van der Waals surface area contributed by atoms with Crippen LogP contribution >= 0.6 is 0 Å². The number of aromatic nitrogens is 1. The molecule has 200 valence electrons. The van der Waals surface area contributed by atoms with Crippen molar-refractivity contribution in [1.29, 1.82) is 0 Å². The van der Waals surface area contributed by atoms with E-state index in [-0.39, 0.29) is 0 Å². The second kappa shape index (κ2) is 13.3. The predicted molar refractivity (Wildman–Crippen MR) is 173 cm³/mol. The molecular weight excluding hydrogens is 472 g/mol. The maximum Gasteiger partial charge on any atom is 0.158 e. The molecule has 2 heteroatoms. The Bertz CT molecular complexity index is 1410. The van der Waals surface area contributed by atoms with E-state index >= 15 is 0 Å². The Kier molecular flexibility index (Phi) is 9.57. The third-order valence-electron chi connectivity index (χ3n) is 7.57. The first-order chi connectivity index (χ1) is 19.0. The maximum atomic E-state index is 3.86. The molecule has 1 saturated heterocycles. The molecule has 2 aromatic carbocycles. The molecule has 39 heavy (non-hydrogen) atoms. The molecule has 2 nitrogen and oxygen atoms in total. The van der Waals surface area contributed by atoms with Crippen LogP contribution in [0.25, 0.3) is 34.0 Å². The van der Waals surface area contributed by atoms with Gasteiger partial charge in [-0.1, -0.05) is 98.2 Å². The summed E-state index contributed by atoms with van der Waals surface area (Å²) in [5.74, 6) is 0. The van der Waals surface area contributed by atoms with Gasteiger partial charge in [0.15, 0.2) is 6.67 Å². The zero-order chi connectivity index (χ0) is 27.7. The molecule has 1 aliphatic heterocycles. The zero-order valence-electron chi connectivity index (χ0n) is 23.9. The highest BCUT2D eigenvalue weighted by Crippen LogP contribution is 2.33. The Labute approximate surface area is 235 Å². The van der Waals surface area contributed by atoms with Crippen LogP contribution in [-0.4, -0.2) is 29.2 Å². The van der Waals surface area contributed by atoms with Crippen molar-refractivity contribution in [1.82, 2.24) is 4.57 Å². The number of nitrogens with zero attached hydrogens (tertiary/aromatic N) is 2. The van der Waals surface area contributed by atoms with Gasteiger partial charge in [0, 0.05) is 10.8 Å². The lowest BCUT2D eigenvalue weighted by atomic mass is 10.1. The van der Waals surface area contributed by atoms with E-state index in [4.69, 9.17) is 0 Å². The van der Waals surface area contributed by atoms with Gasteiger partial charge in [0.05, 0.1) is 31.2 Å². The van der Waals surface area contributed by atoms with Crippen LogP contribution in [0.3, 0.4) is 0 Å².